The van der Waals surface area contributed by atoms with Gasteiger partial charge in [-0.3, -0.25) is 0 Å². The lowest BCUT2D eigenvalue weighted by molar-refractivity contribution is 0.522. The third-order valence-electron chi connectivity index (χ3n) is 3.08. The highest BCUT2D eigenvalue weighted by molar-refractivity contribution is 7.98. The van der Waals surface area contributed by atoms with E-state index in [1.165, 1.54) is 0 Å². The molecule has 18 heavy (non-hydrogen) atoms. The van der Waals surface area contributed by atoms with Crippen LogP contribution in [0.5, 0.6) is 0 Å². The molecule has 0 aromatic carbocycles. The maximum atomic E-state index is 5.44. The zero-order chi connectivity index (χ0) is 13.3. The average Bonchev–Trinajstić information content (AvgIpc) is 2.79. The Hall–Kier alpha value is -0.750. The molecule has 0 spiro atoms. The molecule has 1 N–H and O–H groups in total. The Balaban J connectivity index is 2.48. The van der Waals surface area contributed by atoms with Crippen molar-refractivity contribution < 1.29 is 0 Å². The summed E-state index contributed by atoms with van der Waals surface area (Å²) < 4.78 is 5.03. The fraction of sp³-hybridized carbons (Fsp3) is 0.667. The summed E-state index contributed by atoms with van der Waals surface area (Å²) in [6.45, 7) is 8.21. The van der Waals surface area contributed by atoms with Gasteiger partial charge in [-0.2, -0.15) is 16.9 Å². The number of hydrogen-bond donors (Lipinski definition) is 1. The van der Waals surface area contributed by atoms with Crippen LogP contribution in [0, 0.1) is 17.6 Å². The number of thioether (sulfide) groups is 1. The molecule has 2 aromatic rings. The second kappa shape index (κ2) is 5.48. The minimum absolute atomic E-state index is 0.603. The van der Waals surface area contributed by atoms with Crippen LogP contribution in [0.2, 0.25) is 0 Å². The molecular formula is C12H20N4S2. The van der Waals surface area contributed by atoms with Gasteiger partial charge in [-0.15, -0.1) is 0 Å². The lowest BCUT2D eigenvalue weighted by Gasteiger charge is -2.12. The van der Waals surface area contributed by atoms with Gasteiger partial charge in [0.25, 0.3) is 0 Å². The van der Waals surface area contributed by atoms with Gasteiger partial charge >= 0.3 is 0 Å². The molecule has 2 heterocycles. The number of aromatic nitrogens is 4. The Morgan fingerprint density at radius 3 is 2.83 bits per heavy atom. The van der Waals surface area contributed by atoms with Gasteiger partial charge in [0.1, 0.15) is 5.52 Å². The van der Waals surface area contributed by atoms with Gasteiger partial charge in [-0.05, 0) is 44.0 Å². The molecule has 100 valence electrons. The third kappa shape index (κ3) is 2.36. The topological polar surface area (TPSA) is 38.5 Å². The summed E-state index contributed by atoms with van der Waals surface area (Å²) in [5, 5.41) is 4.54. The van der Waals surface area contributed by atoms with Crippen molar-refractivity contribution in [1.82, 2.24) is 19.3 Å². The molecule has 1 atom stereocenters. The fourth-order valence-corrected chi connectivity index (χ4v) is 3.24. The zero-order valence-corrected chi connectivity index (χ0v) is 13.0. The number of nitrogens with zero attached hydrogens (tertiary/aromatic N) is 3. The standard InChI is InChI=1S/C12H20N4S2/c1-5-16-11-10(9(3)14-16)13-12(17)15(11)6-8(2)7-18-4/h8H,5-7H2,1-4H3,(H,13,17). The van der Waals surface area contributed by atoms with Crippen molar-refractivity contribution in [1.29, 1.82) is 0 Å². The highest BCUT2D eigenvalue weighted by Gasteiger charge is 2.15. The molecule has 0 aliphatic carbocycles. The normalized spacial score (nSPS) is 13.3. The lowest BCUT2D eigenvalue weighted by Crippen LogP contribution is -2.12. The Morgan fingerprint density at radius 2 is 2.22 bits per heavy atom. The van der Waals surface area contributed by atoms with Crippen LogP contribution in [-0.4, -0.2) is 31.3 Å². The van der Waals surface area contributed by atoms with Gasteiger partial charge in [0.05, 0.1) is 5.69 Å². The average molecular weight is 284 g/mol. The SMILES string of the molecule is CCn1nc(C)c2[nH]c(=S)n(CC(C)CSC)c21. The van der Waals surface area contributed by atoms with Crippen molar-refractivity contribution in [2.24, 2.45) is 5.92 Å². The predicted molar refractivity (Wildman–Crippen MR) is 80.9 cm³/mol. The summed E-state index contributed by atoms with van der Waals surface area (Å²) in [6, 6.07) is 0. The van der Waals surface area contributed by atoms with E-state index < -0.39 is 0 Å². The van der Waals surface area contributed by atoms with Gasteiger partial charge in [0.2, 0.25) is 0 Å². The van der Waals surface area contributed by atoms with E-state index in [1.54, 1.807) is 0 Å². The molecule has 0 bridgehead atoms. The molecule has 0 saturated carbocycles. The molecule has 6 heteroatoms. The highest BCUT2D eigenvalue weighted by Crippen LogP contribution is 2.20. The molecule has 0 amide bonds. The Bertz CT molecular complexity index is 593. The van der Waals surface area contributed by atoms with Crippen LogP contribution in [0.4, 0.5) is 0 Å². The van der Waals surface area contributed by atoms with Crippen molar-refractivity contribution in [3.05, 3.63) is 10.5 Å². The first-order valence-electron chi connectivity index (χ1n) is 6.23. The molecule has 4 nitrogen and oxygen atoms in total. The van der Waals surface area contributed by atoms with Crippen LogP contribution in [0.25, 0.3) is 11.2 Å². The Kier molecular flexibility index (Phi) is 4.17. The van der Waals surface area contributed by atoms with Crippen LogP contribution >= 0.6 is 24.0 Å². The van der Waals surface area contributed by atoms with E-state index in [4.69, 9.17) is 12.2 Å². The number of hydrogen-bond acceptors (Lipinski definition) is 3. The molecule has 0 aliphatic rings. The number of aryl methyl sites for hydroxylation is 2. The van der Waals surface area contributed by atoms with Gasteiger partial charge < -0.3 is 9.55 Å². The molecule has 2 rings (SSSR count). The van der Waals surface area contributed by atoms with E-state index in [0.29, 0.717) is 5.92 Å². The first kappa shape index (κ1) is 13.7. The van der Waals surface area contributed by atoms with Gasteiger partial charge in [-0.25, -0.2) is 4.68 Å². The Morgan fingerprint density at radius 1 is 1.50 bits per heavy atom. The summed E-state index contributed by atoms with van der Waals surface area (Å²) in [4.78, 5) is 3.29. The second-order valence-electron chi connectivity index (χ2n) is 4.70. The van der Waals surface area contributed by atoms with Crippen LogP contribution in [0.15, 0.2) is 0 Å². The van der Waals surface area contributed by atoms with Crippen LogP contribution < -0.4 is 0 Å². The number of imidazole rings is 1. The maximum absolute atomic E-state index is 5.44. The minimum atomic E-state index is 0.603. The number of fused-ring (bicyclic) bond motifs is 1. The first-order valence-corrected chi connectivity index (χ1v) is 8.03. The smallest absolute Gasteiger partial charge is 0.179 e. The summed E-state index contributed by atoms with van der Waals surface area (Å²) in [6.07, 6.45) is 2.14. The molecule has 2 aromatic heterocycles. The van der Waals surface area contributed by atoms with Crippen LogP contribution in [0.3, 0.4) is 0 Å². The predicted octanol–water partition coefficient (Wildman–Crippen LogP) is 3.22. The Labute approximate surface area is 117 Å². The molecule has 0 fully saturated rings. The van der Waals surface area contributed by atoms with Crippen molar-refractivity contribution >= 4 is 35.1 Å². The molecule has 0 saturated heterocycles. The van der Waals surface area contributed by atoms with E-state index in [1.807, 2.05) is 23.4 Å². The third-order valence-corrected chi connectivity index (χ3v) is 4.30. The summed E-state index contributed by atoms with van der Waals surface area (Å²) in [5.74, 6) is 1.75. The number of aromatic amines is 1. The first-order chi connectivity index (χ1) is 8.58. The molecule has 1 unspecified atom stereocenters. The van der Waals surface area contributed by atoms with Crippen molar-refractivity contribution in [2.75, 3.05) is 12.0 Å². The molecule has 0 aliphatic heterocycles. The monoisotopic (exact) mass is 284 g/mol. The number of rotatable bonds is 5. The summed E-state index contributed by atoms with van der Waals surface area (Å²) in [5.41, 5.74) is 3.24. The quantitative estimate of drug-likeness (QED) is 0.857. The fourth-order valence-electron chi connectivity index (χ4n) is 2.30. The van der Waals surface area contributed by atoms with Gasteiger partial charge in [-0.1, -0.05) is 6.92 Å². The minimum Gasteiger partial charge on any atom is -0.328 e. The van der Waals surface area contributed by atoms with Crippen molar-refractivity contribution in [2.45, 2.75) is 33.9 Å². The van der Waals surface area contributed by atoms with E-state index >= 15 is 0 Å². The highest BCUT2D eigenvalue weighted by atomic mass is 32.2. The maximum Gasteiger partial charge on any atom is 0.179 e. The largest absolute Gasteiger partial charge is 0.328 e. The van der Waals surface area contributed by atoms with E-state index in [-0.39, 0.29) is 0 Å². The second-order valence-corrected chi connectivity index (χ2v) is 6.00. The van der Waals surface area contributed by atoms with Crippen LogP contribution in [-0.2, 0) is 13.1 Å². The van der Waals surface area contributed by atoms with E-state index in [2.05, 4.69) is 34.8 Å². The molecule has 0 radical (unpaired) electrons. The van der Waals surface area contributed by atoms with Crippen molar-refractivity contribution in [3.8, 4) is 0 Å². The summed E-state index contributed by atoms with van der Waals surface area (Å²) in [7, 11) is 0. The van der Waals surface area contributed by atoms with Gasteiger partial charge in [0, 0.05) is 13.1 Å². The van der Waals surface area contributed by atoms with Crippen molar-refractivity contribution in [3.63, 3.8) is 0 Å². The van der Waals surface area contributed by atoms with Gasteiger partial charge in [0.15, 0.2) is 10.4 Å². The lowest BCUT2D eigenvalue weighted by atomic mass is 10.2. The summed E-state index contributed by atoms with van der Waals surface area (Å²) >= 11 is 7.31. The zero-order valence-electron chi connectivity index (χ0n) is 11.4. The van der Waals surface area contributed by atoms with Crippen LogP contribution in [0.1, 0.15) is 19.5 Å². The number of H-pyrrole nitrogens is 1. The molecular weight excluding hydrogens is 264 g/mol. The van der Waals surface area contributed by atoms with E-state index in [0.717, 1.165) is 40.5 Å². The van der Waals surface area contributed by atoms with E-state index in [9.17, 15) is 0 Å². The number of nitrogens with one attached hydrogen (secondary N) is 1.